The third-order valence-electron chi connectivity index (χ3n) is 3.64. The molecule has 1 aliphatic heterocycles. The fraction of sp³-hybridized carbons (Fsp3) is 0.286. The van der Waals surface area contributed by atoms with Crippen molar-refractivity contribution in [2.45, 2.75) is 25.8 Å². The fourth-order valence-corrected chi connectivity index (χ4v) is 2.52. The van der Waals surface area contributed by atoms with Crippen LogP contribution < -0.4 is 5.32 Å². The van der Waals surface area contributed by atoms with Crippen LogP contribution in [-0.2, 0) is 13.0 Å². The summed E-state index contributed by atoms with van der Waals surface area (Å²) in [6, 6.07) is 2.95. The van der Waals surface area contributed by atoms with Gasteiger partial charge in [-0.25, -0.2) is 4.39 Å². The Balaban J connectivity index is 1.83. The lowest BCUT2D eigenvalue weighted by molar-refractivity contribution is -0.385. The van der Waals surface area contributed by atoms with Gasteiger partial charge in [0, 0.05) is 12.6 Å². The summed E-state index contributed by atoms with van der Waals surface area (Å²) in [5.41, 5.74) is 0.850. The third kappa shape index (κ3) is 2.54. The van der Waals surface area contributed by atoms with Gasteiger partial charge in [-0.2, -0.15) is 5.10 Å². The highest BCUT2D eigenvalue weighted by molar-refractivity contribution is 6.04. The average molecular weight is 304 g/mol. The number of nitrogens with zero attached hydrogens (tertiary/aromatic N) is 3. The maximum Gasteiger partial charge on any atom is 0.272 e. The zero-order chi connectivity index (χ0) is 15.7. The Morgan fingerprint density at radius 1 is 1.41 bits per heavy atom. The first-order valence-electron chi connectivity index (χ1n) is 6.86. The summed E-state index contributed by atoms with van der Waals surface area (Å²) in [4.78, 5) is 22.0. The number of aryl methyl sites for hydroxylation is 1. The predicted molar refractivity (Wildman–Crippen MR) is 76.2 cm³/mol. The van der Waals surface area contributed by atoms with E-state index >= 15 is 0 Å². The quantitative estimate of drug-likeness (QED) is 0.697. The predicted octanol–water partition coefficient (Wildman–Crippen LogP) is 2.52. The standard InChI is InChI=1S/C14H13FN4O3/c15-11-7-9(19(21)22)4-5-10(11)14(20)17-12-8-16-18-6-2-1-3-13(12)18/h4-5,7-8H,1-3,6H2,(H,17,20). The van der Waals surface area contributed by atoms with E-state index in [0.29, 0.717) is 5.69 Å². The van der Waals surface area contributed by atoms with Crippen LogP contribution in [0.1, 0.15) is 28.9 Å². The first-order valence-corrected chi connectivity index (χ1v) is 6.86. The fourth-order valence-electron chi connectivity index (χ4n) is 2.52. The van der Waals surface area contributed by atoms with E-state index in [0.717, 1.165) is 49.7 Å². The van der Waals surface area contributed by atoms with E-state index in [-0.39, 0.29) is 5.56 Å². The lowest BCUT2D eigenvalue weighted by atomic mass is 10.1. The molecule has 2 aromatic rings. The molecule has 0 saturated heterocycles. The number of nitro benzene ring substituents is 1. The molecule has 7 nitrogen and oxygen atoms in total. The van der Waals surface area contributed by atoms with Gasteiger partial charge in [-0.3, -0.25) is 19.6 Å². The van der Waals surface area contributed by atoms with Crippen LogP contribution in [0.25, 0.3) is 0 Å². The minimum Gasteiger partial charge on any atom is -0.319 e. The molecule has 0 unspecified atom stereocenters. The molecule has 3 rings (SSSR count). The number of anilines is 1. The highest BCUT2D eigenvalue weighted by Gasteiger charge is 2.20. The Morgan fingerprint density at radius 3 is 2.95 bits per heavy atom. The number of hydrogen-bond acceptors (Lipinski definition) is 4. The summed E-state index contributed by atoms with van der Waals surface area (Å²) < 4.78 is 15.7. The topological polar surface area (TPSA) is 90.1 Å². The van der Waals surface area contributed by atoms with E-state index in [1.54, 1.807) is 6.20 Å². The zero-order valence-electron chi connectivity index (χ0n) is 11.6. The van der Waals surface area contributed by atoms with E-state index in [1.165, 1.54) is 0 Å². The number of benzene rings is 1. The van der Waals surface area contributed by atoms with Gasteiger partial charge in [0.1, 0.15) is 5.82 Å². The number of hydrogen-bond donors (Lipinski definition) is 1. The van der Waals surface area contributed by atoms with Gasteiger partial charge >= 0.3 is 0 Å². The number of carbonyl (C=O) groups excluding carboxylic acids is 1. The molecule has 2 heterocycles. The van der Waals surface area contributed by atoms with Crippen molar-refractivity contribution in [3.05, 3.63) is 51.6 Å². The van der Waals surface area contributed by atoms with E-state index in [9.17, 15) is 19.3 Å². The number of fused-ring (bicyclic) bond motifs is 1. The average Bonchev–Trinajstić information content (AvgIpc) is 2.90. The van der Waals surface area contributed by atoms with E-state index < -0.39 is 22.3 Å². The van der Waals surface area contributed by atoms with Crippen molar-refractivity contribution >= 4 is 17.3 Å². The van der Waals surface area contributed by atoms with Crippen molar-refractivity contribution in [1.29, 1.82) is 0 Å². The molecule has 0 bridgehead atoms. The van der Waals surface area contributed by atoms with Crippen molar-refractivity contribution in [2.24, 2.45) is 0 Å². The van der Waals surface area contributed by atoms with Crippen LogP contribution in [0.2, 0.25) is 0 Å². The highest BCUT2D eigenvalue weighted by atomic mass is 19.1. The molecule has 1 N–H and O–H groups in total. The molecule has 0 atom stereocenters. The summed E-state index contributed by atoms with van der Waals surface area (Å²) in [6.07, 6.45) is 4.40. The molecule has 22 heavy (non-hydrogen) atoms. The Labute approximate surface area is 124 Å². The van der Waals surface area contributed by atoms with E-state index in [2.05, 4.69) is 10.4 Å². The zero-order valence-corrected chi connectivity index (χ0v) is 11.6. The van der Waals surface area contributed by atoms with E-state index in [4.69, 9.17) is 0 Å². The molecule has 114 valence electrons. The Kier molecular flexibility index (Phi) is 3.58. The second-order valence-electron chi connectivity index (χ2n) is 5.06. The number of non-ortho nitro benzene ring substituents is 1. The van der Waals surface area contributed by atoms with Crippen LogP contribution in [0.3, 0.4) is 0 Å². The van der Waals surface area contributed by atoms with E-state index in [1.807, 2.05) is 4.68 Å². The number of halogens is 1. The molecular formula is C14H13FN4O3. The van der Waals surface area contributed by atoms with Crippen molar-refractivity contribution in [1.82, 2.24) is 9.78 Å². The van der Waals surface area contributed by atoms with Gasteiger partial charge in [0.25, 0.3) is 11.6 Å². The largest absolute Gasteiger partial charge is 0.319 e. The normalized spacial score (nSPS) is 13.5. The minimum absolute atomic E-state index is 0.235. The summed E-state index contributed by atoms with van der Waals surface area (Å²) in [6.45, 7) is 0.803. The number of aromatic nitrogens is 2. The molecule has 1 aromatic carbocycles. The molecule has 0 saturated carbocycles. The Morgan fingerprint density at radius 2 is 2.23 bits per heavy atom. The molecule has 1 amide bonds. The summed E-state index contributed by atoms with van der Waals surface area (Å²) in [5, 5.41) is 17.4. The Bertz CT molecular complexity index is 757. The summed E-state index contributed by atoms with van der Waals surface area (Å²) in [5.74, 6) is -1.57. The second-order valence-corrected chi connectivity index (χ2v) is 5.06. The van der Waals surface area contributed by atoms with Crippen LogP contribution in [0.5, 0.6) is 0 Å². The maximum absolute atomic E-state index is 13.8. The lowest BCUT2D eigenvalue weighted by Crippen LogP contribution is -2.17. The first-order chi connectivity index (χ1) is 10.6. The van der Waals surface area contributed by atoms with Crippen LogP contribution in [0.4, 0.5) is 15.8 Å². The van der Waals surface area contributed by atoms with Crippen LogP contribution in [0.15, 0.2) is 24.4 Å². The van der Waals surface area contributed by atoms with Crippen molar-refractivity contribution in [3.8, 4) is 0 Å². The van der Waals surface area contributed by atoms with Gasteiger partial charge in [0.2, 0.25) is 0 Å². The van der Waals surface area contributed by atoms with Crippen LogP contribution in [0, 0.1) is 15.9 Å². The van der Waals surface area contributed by atoms with Crippen LogP contribution >= 0.6 is 0 Å². The van der Waals surface area contributed by atoms with Gasteiger partial charge in [-0.1, -0.05) is 0 Å². The number of carbonyl (C=O) groups is 1. The highest BCUT2D eigenvalue weighted by Crippen LogP contribution is 2.23. The van der Waals surface area contributed by atoms with Gasteiger partial charge < -0.3 is 5.32 Å². The number of nitro groups is 1. The van der Waals surface area contributed by atoms with Crippen LogP contribution in [-0.4, -0.2) is 20.6 Å². The van der Waals surface area contributed by atoms with Crippen molar-refractivity contribution < 1.29 is 14.1 Å². The van der Waals surface area contributed by atoms with Gasteiger partial charge in [0.05, 0.1) is 34.1 Å². The monoisotopic (exact) mass is 304 g/mol. The number of rotatable bonds is 3. The van der Waals surface area contributed by atoms with Gasteiger partial charge in [-0.15, -0.1) is 0 Å². The SMILES string of the molecule is O=C(Nc1cnn2c1CCCC2)c1ccc([N+](=O)[O-])cc1F. The molecule has 0 radical (unpaired) electrons. The number of nitrogens with one attached hydrogen (secondary N) is 1. The van der Waals surface area contributed by atoms with Crippen molar-refractivity contribution in [2.75, 3.05) is 5.32 Å². The number of amides is 1. The minimum atomic E-state index is -0.923. The third-order valence-corrected chi connectivity index (χ3v) is 3.64. The first kappa shape index (κ1) is 14.2. The summed E-state index contributed by atoms with van der Waals surface area (Å²) in [7, 11) is 0. The molecule has 8 heteroatoms. The Hall–Kier alpha value is -2.77. The molecule has 0 aliphatic carbocycles. The maximum atomic E-state index is 13.8. The molecule has 1 aromatic heterocycles. The second kappa shape index (κ2) is 5.55. The lowest BCUT2D eigenvalue weighted by Gasteiger charge is -2.15. The smallest absolute Gasteiger partial charge is 0.272 e. The van der Waals surface area contributed by atoms with Gasteiger partial charge in [-0.05, 0) is 25.3 Å². The van der Waals surface area contributed by atoms with Gasteiger partial charge in [0.15, 0.2) is 0 Å². The molecular weight excluding hydrogens is 291 g/mol. The molecule has 0 fully saturated rings. The van der Waals surface area contributed by atoms with Crippen molar-refractivity contribution in [3.63, 3.8) is 0 Å². The molecule has 0 spiro atoms. The summed E-state index contributed by atoms with van der Waals surface area (Å²) >= 11 is 0. The molecule has 1 aliphatic rings.